The van der Waals surface area contributed by atoms with Crippen LogP contribution in [0.15, 0.2) is 30.3 Å². The highest BCUT2D eigenvalue weighted by molar-refractivity contribution is 6.74. The molecule has 0 radical (unpaired) electrons. The van der Waals surface area contributed by atoms with Gasteiger partial charge in [-0.2, -0.15) is 0 Å². The minimum absolute atomic E-state index is 0.0502. The first-order valence-electron chi connectivity index (χ1n) is 11.8. The average Bonchev–Trinajstić information content (AvgIpc) is 3.26. The minimum Gasteiger partial charge on any atom is -0.447 e. The lowest BCUT2D eigenvalue weighted by molar-refractivity contribution is -0.159. The molecule has 2 amide bonds. The summed E-state index contributed by atoms with van der Waals surface area (Å²) in [6.07, 6.45) is -0.984. The molecule has 184 valence electrons. The van der Waals surface area contributed by atoms with Gasteiger partial charge < -0.3 is 18.6 Å². The van der Waals surface area contributed by atoms with Gasteiger partial charge in [0.05, 0.1) is 24.7 Å². The van der Waals surface area contributed by atoms with Crippen molar-refractivity contribution in [1.82, 2.24) is 4.90 Å². The van der Waals surface area contributed by atoms with Crippen LogP contribution in [-0.4, -0.2) is 62.5 Å². The maximum absolute atomic E-state index is 13.7. The van der Waals surface area contributed by atoms with Crippen LogP contribution in [0.4, 0.5) is 4.79 Å². The van der Waals surface area contributed by atoms with Crippen molar-refractivity contribution in [2.24, 2.45) is 5.92 Å². The molecular weight excluding hydrogens is 438 g/mol. The predicted octanol–water partition coefficient (Wildman–Crippen LogP) is 4.75. The molecule has 0 saturated carbocycles. The number of imide groups is 1. The van der Waals surface area contributed by atoms with Crippen LogP contribution in [0.5, 0.6) is 0 Å². The number of hydrogen-bond acceptors (Lipinski definition) is 6. The third-order valence-electron chi connectivity index (χ3n) is 7.03. The van der Waals surface area contributed by atoms with Crippen molar-refractivity contribution < 1.29 is 28.2 Å². The Morgan fingerprint density at radius 1 is 1.21 bits per heavy atom. The molecule has 7 nitrogen and oxygen atoms in total. The van der Waals surface area contributed by atoms with Gasteiger partial charge in [0.25, 0.3) is 0 Å². The Morgan fingerprint density at radius 2 is 1.85 bits per heavy atom. The van der Waals surface area contributed by atoms with Crippen LogP contribution in [0.25, 0.3) is 0 Å². The Hall–Kier alpha value is -1.74. The van der Waals surface area contributed by atoms with Gasteiger partial charge in [-0.05, 0) is 44.0 Å². The Kier molecular flexibility index (Phi) is 7.44. The fraction of sp³-hybridized carbons (Fsp3) is 0.680. The van der Waals surface area contributed by atoms with E-state index in [2.05, 4.69) is 33.9 Å². The van der Waals surface area contributed by atoms with E-state index in [4.69, 9.17) is 18.6 Å². The van der Waals surface area contributed by atoms with E-state index in [-0.39, 0.29) is 23.6 Å². The Balaban J connectivity index is 1.85. The molecule has 2 aliphatic heterocycles. The molecule has 2 heterocycles. The number of carbonyl (C=O) groups is 2. The molecule has 4 atom stereocenters. The number of hydrogen-bond donors (Lipinski definition) is 0. The summed E-state index contributed by atoms with van der Waals surface area (Å²) in [5.41, 5.74) is 1.05. The smallest absolute Gasteiger partial charge is 0.416 e. The molecule has 0 spiro atoms. The maximum Gasteiger partial charge on any atom is 0.416 e. The summed E-state index contributed by atoms with van der Waals surface area (Å²) in [4.78, 5) is 27.6. The van der Waals surface area contributed by atoms with Gasteiger partial charge in [0.1, 0.15) is 12.7 Å². The summed E-state index contributed by atoms with van der Waals surface area (Å²) < 4.78 is 24.0. The first-order valence-corrected chi connectivity index (χ1v) is 14.7. The van der Waals surface area contributed by atoms with Crippen LogP contribution < -0.4 is 0 Å². The average molecular weight is 478 g/mol. The maximum atomic E-state index is 13.7. The zero-order chi connectivity index (χ0) is 24.6. The summed E-state index contributed by atoms with van der Waals surface area (Å²) in [5, 5.41) is -0.0502. The molecule has 1 aromatic rings. The van der Waals surface area contributed by atoms with E-state index in [0.29, 0.717) is 13.0 Å². The van der Waals surface area contributed by atoms with Crippen molar-refractivity contribution in [1.29, 1.82) is 0 Å². The molecule has 0 aromatic heterocycles. The van der Waals surface area contributed by atoms with Gasteiger partial charge in [0.2, 0.25) is 5.91 Å². The normalized spacial score (nSPS) is 25.1. The largest absolute Gasteiger partial charge is 0.447 e. The quantitative estimate of drug-likeness (QED) is 0.528. The van der Waals surface area contributed by atoms with Crippen molar-refractivity contribution in [2.75, 3.05) is 13.2 Å². The topological polar surface area (TPSA) is 74.3 Å². The van der Waals surface area contributed by atoms with Crippen molar-refractivity contribution in [2.45, 2.75) is 90.1 Å². The number of ether oxygens (including phenoxy) is 3. The lowest BCUT2D eigenvalue weighted by Crippen LogP contribution is -2.54. The second-order valence-corrected chi connectivity index (χ2v) is 15.9. The van der Waals surface area contributed by atoms with Gasteiger partial charge in [-0.15, -0.1) is 0 Å². The van der Waals surface area contributed by atoms with E-state index in [1.165, 1.54) is 4.90 Å². The first-order chi connectivity index (χ1) is 15.2. The highest BCUT2D eigenvalue weighted by Gasteiger charge is 2.50. The van der Waals surface area contributed by atoms with Gasteiger partial charge >= 0.3 is 6.09 Å². The van der Waals surface area contributed by atoms with Crippen LogP contribution in [0.3, 0.4) is 0 Å². The van der Waals surface area contributed by atoms with Crippen LogP contribution in [-0.2, 0) is 29.9 Å². The first kappa shape index (κ1) is 25.9. The molecule has 0 N–H and O–H groups in total. The summed E-state index contributed by atoms with van der Waals surface area (Å²) >= 11 is 0. The van der Waals surface area contributed by atoms with E-state index in [0.717, 1.165) is 5.56 Å². The van der Waals surface area contributed by atoms with Crippen LogP contribution in [0.1, 0.15) is 47.1 Å². The van der Waals surface area contributed by atoms with E-state index in [1.807, 2.05) is 51.1 Å². The van der Waals surface area contributed by atoms with Crippen molar-refractivity contribution in [3.8, 4) is 0 Å². The van der Waals surface area contributed by atoms with E-state index < -0.39 is 38.3 Å². The predicted molar refractivity (Wildman–Crippen MR) is 128 cm³/mol. The fourth-order valence-electron chi connectivity index (χ4n) is 4.02. The van der Waals surface area contributed by atoms with Crippen molar-refractivity contribution in [3.05, 3.63) is 35.9 Å². The zero-order valence-corrected chi connectivity index (χ0v) is 22.2. The fourth-order valence-corrected chi connectivity index (χ4v) is 5.41. The standard InChI is InChI=1S/C25H39NO6Si/c1-17(21(20-16-30-25(5,6)31-20)32-33(7,8)24(2,3)4)22(27)26-19(15-29-23(26)28)14-18-12-10-9-11-13-18/h9-13,17,19-21H,14-16H2,1-8H3/t17-,19?,20-,21-/m1/s1. The molecule has 2 fully saturated rings. The number of rotatable bonds is 7. The number of cyclic esters (lactones) is 1. The molecule has 2 saturated heterocycles. The third kappa shape index (κ3) is 5.85. The molecule has 0 bridgehead atoms. The monoisotopic (exact) mass is 477 g/mol. The summed E-state index contributed by atoms with van der Waals surface area (Å²) in [5.74, 6) is -1.65. The summed E-state index contributed by atoms with van der Waals surface area (Å²) in [6, 6.07) is 9.47. The summed E-state index contributed by atoms with van der Waals surface area (Å²) in [6.45, 7) is 16.8. The Labute approximate surface area is 198 Å². The van der Waals surface area contributed by atoms with Crippen molar-refractivity contribution in [3.63, 3.8) is 0 Å². The van der Waals surface area contributed by atoms with Gasteiger partial charge in [-0.25, -0.2) is 9.69 Å². The van der Waals surface area contributed by atoms with Gasteiger partial charge in [-0.1, -0.05) is 58.0 Å². The number of benzene rings is 1. The van der Waals surface area contributed by atoms with Crippen LogP contribution in [0.2, 0.25) is 18.1 Å². The lowest BCUT2D eigenvalue weighted by Gasteiger charge is -2.42. The lowest BCUT2D eigenvalue weighted by atomic mass is 9.97. The number of carbonyl (C=O) groups excluding carboxylic acids is 2. The van der Waals surface area contributed by atoms with Crippen LogP contribution >= 0.6 is 0 Å². The second kappa shape index (κ2) is 9.48. The summed E-state index contributed by atoms with van der Waals surface area (Å²) in [7, 11) is -2.25. The molecule has 0 aliphatic carbocycles. The molecular formula is C25H39NO6Si. The van der Waals surface area contributed by atoms with Gasteiger partial charge in [-0.3, -0.25) is 4.79 Å². The van der Waals surface area contributed by atoms with E-state index >= 15 is 0 Å². The van der Waals surface area contributed by atoms with Gasteiger partial charge in [0, 0.05) is 0 Å². The highest BCUT2D eigenvalue weighted by atomic mass is 28.4. The Bertz CT molecular complexity index is 850. The van der Waals surface area contributed by atoms with Gasteiger partial charge in [0.15, 0.2) is 14.1 Å². The number of nitrogens with zero attached hydrogens (tertiary/aromatic N) is 1. The highest BCUT2D eigenvalue weighted by Crippen LogP contribution is 2.40. The van der Waals surface area contributed by atoms with Crippen LogP contribution in [0, 0.1) is 5.92 Å². The van der Waals surface area contributed by atoms with Crippen molar-refractivity contribution >= 4 is 20.3 Å². The molecule has 3 rings (SSSR count). The van der Waals surface area contributed by atoms with E-state index in [1.54, 1.807) is 0 Å². The SMILES string of the molecule is C[C@@H](C(=O)N1C(=O)OCC1Cc1ccccc1)[C@@H](O[Si](C)(C)C(C)(C)C)[C@H]1COC(C)(C)O1. The minimum atomic E-state index is -2.25. The Morgan fingerprint density at radius 3 is 2.39 bits per heavy atom. The number of amides is 2. The molecule has 1 unspecified atom stereocenters. The molecule has 33 heavy (non-hydrogen) atoms. The third-order valence-corrected chi connectivity index (χ3v) is 11.5. The second-order valence-electron chi connectivity index (χ2n) is 11.1. The van der Waals surface area contributed by atoms with E-state index in [9.17, 15) is 9.59 Å². The zero-order valence-electron chi connectivity index (χ0n) is 21.2. The molecule has 8 heteroatoms. The molecule has 2 aliphatic rings. The molecule has 1 aromatic carbocycles.